The van der Waals surface area contributed by atoms with Crippen molar-refractivity contribution in [1.29, 1.82) is 0 Å². The lowest BCUT2D eigenvalue weighted by Gasteiger charge is -2.10. The normalized spacial score (nSPS) is 10.6. The Morgan fingerprint density at radius 2 is 2.00 bits per heavy atom. The third-order valence-corrected chi connectivity index (χ3v) is 3.91. The molecule has 0 aliphatic rings. The maximum atomic E-state index is 12.0. The minimum atomic E-state index is -2.92. The van der Waals surface area contributed by atoms with Crippen LogP contribution in [-0.4, -0.2) is 17.7 Å². The van der Waals surface area contributed by atoms with E-state index in [0.717, 1.165) is 0 Å². The molecule has 0 bridgehead atoms. The number of ether oxygens (including phenoxy) is 1. The molecule has 1 rings (SSSR count). The first kappa shape index (κ1) is 13.4. The van der Waals surface area contributed by atoms with E-state index in [2.05, 4.69) is 36.6 Å². The van der Waals surface area contributed by atoms with E-state index < -0.39 is 12.6 Å². The highest BCUT2D eigenvalue weighted by Gasteiger charge is 2.14. The van der Waals surface area contributed by atoms with Crippen molar-refractivity contribution in [3.63, 3.8) is 0 Å². The van der Waals surface area contributed by atoms with E-state index in [1.807, 2.05) is 0 Å². The van der Waals surface area contributed by atoms with E-state index in [9.17, 15) is 13.6 Å². The first-order chi connectivity index (χ1) is 7.41. The Morgan fingerprint density at radius 1 is 1.38 bits per heavy atom. The molecule has 1 aromatic carbocycles. The lowest BCUT2D eigenvalue weighted by Crippen LogP contribution is -2.05. The number of hydrogen-bond donors (Lipinski definition) is 1. The van der Waals surface area contributed by atoms with Gasteiger partial charge in [0.1, 0.15) is 5.75 Å². The summed E-state index contributed by atoms with van der Waals surface area (Å²) in [5, 5.41) is 8.61. The van der Waals surface area contributed by atoms with Crippen LogP contribution >= 0.6 is 31.9 Å². The van der Waals surface area contributed by atoms with Gasteiger partial charge < -0.3 is 9.84 Å². The number of carboxylic acid groups (broad SMARTS) is 1. The quantitative estimate of drug-likeness (QED) is 0.895. The molecule has 1 N–H and O–H groups in total. The van der Waals surface area contributed by atoms with Crippen LogP contribution in [-0.2, 0) is 11.2 Å². The number of rotatable bonds is 4. The van der Waals surface area contributed by atoms with Crippen molar-refractivity contribution in [2.45, 2.75) is 13.0 Å². The highest BCUT2D eigenvalue weighted by molar-refractivity contribution is 9.13. The number of halogens is 4. The van der Waals surface area contributed by atoms with Gasteiger partial charge in [-0.1, -0.05) is 6.07 Å². The van der Waals surface area contributed by atoms with E-state index in [1.54, 1.807) is 0 Å². The van der Waals surface area contributed by atoms with Crippen molar-refractivity contribution < 1.29 is 23.4 Å². The average Bonchev–Trinajstić information content (AvgIpc) is 2.16. The fraction of sp³-hybridized carbons (Fsp3) is 0.222. The number of carboxylic acids is 1. The predicted molar refractivity (Wildman–Crippen MR) is 59.8 cm³/mol. The second-order valence-corrected chi connectivity index (χ2v) is 4.39. The fourth-order valence-corrected chi connectivity index (χ4v) is 2.01. The number of alkyl halides is 2. The second-order valence-electron chi connectivity index (χ2n) is 2.80. The third kappa shape index (κ3) is 3.41. The molecular weight excluding hydrogens is 354 g/mol. The molecule has 0 spiro atoms. The molecule has 0 fully saturated rings. The van der Waals surface area contributed by atoms with Gasteiger partial charge in [0, 0.05) is 4.47 Å². The van der Waals surface area contributed by atoms with Crippen molar-refractivity contribution in [1.82, 2.24) is 0 Å². The van der Waals surface area contributed by atoms with Crippen LogP contribution in [0.1, 0.15) is 5.56 Å². The average molecular weight is 360 g/mol. The summed E-state index contributed by atoms with van der Waals surface area (Å²) in [5.74, 6) is -1.05. The van der Waals surface area contributed by atoms with E-state index in [1.165, 1.54) is 12.1 Å². The molecule has 0 saturated carbocycles. The molecule has 7 heteroatoms. The Hall–Kier alpha value is -0.690. The molecule has 88 valence electrons. The molecule has 0 aliphatic carbocycles. The summed E-state index contributed by atoms with van der Waals surface area (Å²) in [5.41, 5.74) is 0.473. The zero-order valence-corrected chi connectivity index (χ0v) is 10.9. The molecule has 0 atom stereocenters. The molecule has 3 nitrogen and oxygen atoms in total. The number of hydrogen-bond acceptors (Lipinski definition) is 2. The van der Waals surface area contributed by atoms with Crippen molar-refractivity contribution in [2.24, 2.45) is 0 Å². The van der Waals surface area contributed by atoms with Crippen molar-refractivity contribution in [3.05, 3.63) is 26.6 Å². The van der Waals surface area contributed by atoms with Crippen LogP contribution in [0, 0.1) is 0 Å². The van der Waals surface area contributed by atoms with Gasteiger partial charge in [-0.25, -0.2) is 0 Å². The van der Waals surface area contributed by atoms with Crippen LogP contribution in [0.5, 0.6) is 5.75 Å². The number of carbonyl (C=O) groups is 1. The van der Waals surface area contributed by atoms with Crippen LogP contribution in [0.2, 0.25) is 0 Å². The highest BCUT2D eigenvalue weighted by atomic mass is 79.9. The van der Waals surface area contributed by atoms with Gasteiger partial charge in [0.15, 0.2) is 0 Å². The highest BCUT2D eigenvalue weighted by Crippen LogP contribution is 2.36. The van der Waals surface area contributed by atoms with Gasteiger partial charge in [0.05, 0.1) is 10.9 Å². The lowest BCUT2D eigenvalue weighted by molar-refractivity contribution is -0.136. The fourth-order valence-electron chi connectivity index (χ4n) is 1.06. The molecule has 0 radical (unpaired) electrons. The maximum Gasteiger partial charge on any atom is 0.387 e. The van der Waals surface area contributed by atoms with Gasteiger partial charge >= 0.3 is 12.6 Å². The smallest absolute Gasteiger partial charge is 0.387 e. The van der Waals surface area contributed by atoms with Gasteiger partial charge in [-0.3, -0.25) is 4.79 Å². The lowest BCUT2D eigenvalue weighted by atomic mass is 10.1. The van der Waals surface area contributed by atoms with E-state index in [-0.39, 0.29) is 16.6 Å². The Kier molecular flexibility index (Phi) is 4.67. The summed E-state index contributed by atoms with van der Waals surface area (Å²) < 4.78 is 28.9. The summed E-state index contributed by atoms with van der Waals surface area (Å²) >= 11 is 6.17. The van der Waals surface area contributed by atoms with Gasteiger partial charge in [0.2, 0.25) is 0 Å². The van der Waals surface area contributed by atoms with Crippen LogP contribution in [0.15, 0.2) is 21.1 Å². The first-order valence-electron chi connectivity index (χ1n) is 4.05. The van der Waals surface area contributed by atoms with E-state index in [4.69, 9.17) is 5.11 Å². The summed E-state index contributed by atoms with van der Waals surface area (Å²) in [6, 6.07) is 2.71. The maximum absolute atomic E-state index is 12.0. The van der Waals surface area contributed by atoms with Crippen LogP contribution in [0.25, 0.3) is 0 Å². The van der Waals surface area contributed by atoms with Crippen LogP contribution < -0.4 is 4.74 Å². The summed E-state index contributed by atoms with van der Waals surface area (Å²) in [6.07, 6.45) is -0.200. The van der Waals surface area contributed by atoms with Crippen LogP contribution in [0.4, 0.5) is 8.78 Å². The van der Waals surface area contributed by atoms with Crippen LogP contribution in [0.3, 0.4) is 0 Å². The van der Waals surface area contributed by atoms with Gasteiger partial charge in [-0.2, -0.15) is 8.78 Å². The molecule has 1 aromatic rings. The standard InChI is InChI=1S/C9H6Br2F2O3/c10-7-4(3-6(14)15)1-2-5(8(7)11)16-9(12)13/h1-2,9H,3H2,(H,14,15). The van der Waals surface area contributed by atoms with Crippen molar-refractivity contribution in [2.75, 3.05) is 0 Å². The molecule has 0 saturated heterocycles. The Bertz CT molecular complexity index is 410. The first-order valence-corrected chi connectivity index (χ1v) is 5.64. The van der Waals surface area contributed by atoms with E-state index in [0.29, 0.717) is 10.0 Å². The SMILES string of the molecule is O=C(O)Cc1ccc(OC(F)F)c(Br)c1Br. The summed E-state index contributed by atoms with van der Waals surface area (Å²) in [7, 11) is 0. The van der Waals surface area contributed by atoms with Gasteiger partial charge in [0.25, 0.3) is 0 Å². The zero-order valence-electron chi connectivity index (χ0n) is 7.71. The van der Waals surface area contributed by atoms with Gasteiger partial charge in [-0.05, 0) is 43.5 Å². The monoisotopic (exact) mass is 358 g/mol. The Labute approximate surface area is 107 Å². The molecular formula is C9H6Br2F2O3. The third-order valence-electron chi connectivity index (χ3n) is 1.68. The molecule has 0 unspecified atom stereocenters. The predicted octanol–water partition coefficient (Wildman–Crippen LogP) is 3.44. The molecule has 0 aromatic heterocycles. The molecule has 16 heavy (non-hydrogen) atoms. The van der Waals surface area contributed by atoms with Gasteiger partial charge in [-0.15, -0.1) is 0 Å². The summed E-state index contributed by atoms with van der Waals surface area (Å²) in [4.78, 5) is 10.5. The molecule has 0 heterocycles. The van der Waals surface area contributed by atoms with Crippen molar-refractivity contribution >= 4 is 37.8 Å². The topological polar surface area (TPSA) is 46.5 Å². The largest absolute Gasteiger partial charge is 0.481 e. The minimum absolute atomic E-state index is 0.0454. The number of benzene rings is 1. The molecule has 0 amide bonds. The zero-order chi connectivity index (χ0) is 12.3. The number of aliphatic carboxylic acids is 1. The Morgan fingerprint density at radius 3 is 2.50 bits per heavy atom. The van der Waals surface area contributed by atoms with E-state index >= 15 is 0 Å². The second kappa shape index (κ2) is 5.58. The van der Waals surface area contributed by atoms with Crippen molar-refractivity contribution in [3.8, 4) is 5.75 Å². The minimum Gasteiger partial charge on any atom is -0.481 e. The molecule has 0 aliphatic heterocycles. The Balaban J connectivity index is 3.03. The summed E-state index contributed by atoms with van der Waals surface area (Å²) in [6.45, 7) is -2.92.